The van der Waals surface area contributed by atoms with Crippen LogP contribution in [-0.4, -0.2) is 57.4 Å². The van der Waals surface area contributed by atoms with Crippen molar-refractivity contribution < 1.29 is 24.3 Å². The van der Waals surface area contributed by atoms with E-state index in [1.165, 1.54) is 36.7 Å². The van der Waals surface area contributed by atoms with E-state index in [-0.39, 0.29) is 23.2 Å². The van der Waals surface area contributed by atoms with Gasteiger partial charge in [0, 0.05) is 24.4 Å². The van der Waals surface area contributed by atoms with E-state index in [9.17, 15) is 24.3 Å². The molecule has 0 radical (unpaired) electrons. The summed E-state index contributed by atoms with van der Waals surface area (Å²) >= 11 is 0. The van der Waals surface area contributed by atoms with Gasteiger partial charge in [0.25, 0.3) is 5.91 Å². The number of unbranched alkanes of at least 4 members (excludes halogenated alkanes) is 1. The van der Waals surface area contributed by atoms with Gasteiger partial charge in [-0.25, -0.2) is 4.79 Å². The van der Waals surface area contributed by atoms with Crippen LogP contribution in [0.2, 0.25) is 0 Å². The van der Waals surface area contributed by atoms with E-state index in [1.807, 2.05) is 30.3 Å². The molecule has 38 heavy (non-hydrogen) atoms. The number of carboxylic acids is 1. The van der Waals surface area contributed by atoms with Crippen molar-refractivity contribution in [2.75, 3.05) is 6.54 Å². The number of aromatic nitrogens is 2. The predicted octanol–water partition coefficient (Wildman–Crippen LogP) is 1.28. The molecular formula is C27H30N6O5. The fraction of sp³-hybridized carbons (Fsp3) is 0.259. The van der Waals surface area contributed by atoms with Crippen LogP contribution in [0.15, 0.2) is 67.0 Å². The standard InChI is InChI=1S/C27H30N6O5/c28-11-5-4-8-20(24(29)34)32-26(36)23(14-17-6-2-1-3-7-17)33-25(35)18-9-12-30-21(15-18)22-16-19(27(37)38)10-13-31-22/h1-3,6-7,9-10,12-13,15-16,20,23H,4-5,8,11,14,28H2,(H2,29,34)(H,32,36)(H,33,35)(H,37,38)/t20-,23-/m0/s1. The number of benzene rings is 1. The first kappa shape index (κ1) is 27.9. The number of nitrogens with one attached hydrogen (secondary N) is 2. The zero-order chi connectivity index (χ0) is 27.5. The van der Waals surface area contributed by atoms with Gasteiger partial charge in [0.2, 0.25) is 11.8 Å². The van der Waals surface area contributed by atoms with Crippen molar-refractivity contribution in [2.24, 2.45) is 11.5 Å². The van der Waals surface area contributed by atoms with Crippen molar-refractivity contribution in [3.63, 3.8) is 0 Å². The number of primary amides is 1. The number of carbonyl (C=O) groups excluding carboxylic acids is 3. The molecule has 2 aromatic heterocycles. The molecule has 11 nitrogen and oxygen atoms in total. The lowest BCUT2D eigenvalue weighted by atomic mass is 10.0. The third-order valence-corrected chi connectivity index (χ3v) is 5.80. The fourth-order valence-electron chi connectivity index (χ4n) is 3.77. The number of pyridine rings is 2. The lowest BCUT2D eigenvalue weighted by Crippen LogP contribution is -2.53. The quantitative estimate of drug-likeness (QED) is 0.209. The highest BCUT2D eigenvalue weighted by atomic mass is 16.4. The topological polar surface area (TPSA) is 190 Å². The molecule has 0 aliphatic rings. The number of aromatic carboxylic acids is 1. The number of rotatable bonds is 13. The Morgan fingerprint density at radius 2 is 1.47 bits per heavy atom. The lowest BCUT2D eigenvalue weighted by molar-refractivity contribution is -0.128. The SMILES string of the molecule is NCCCC[C@H](NC(=O)[C@H](Cc1ccccc1)NC(=O)c1ccnc(-c2cc(C(=O)O)ccn2)c1)C(N)=O. The zero-order valence-electron chi connectivity index (χ0n) is 20.7. The normalized spacial score (nSPS) is 12.2. The van der Waals surface area contributed by atoms with Gasteiger partial charge in [-0.15, -0.1) is 0 Å². The molecule has 3 amide bonds. The first-order valence-corrected chi connectivity index (χ1v) is 12.1. The van der Waals surface area contributed by atoms with Gasteiger partial charge in [-0.2, -0.15) is 0 Å². The second kappa shape index (κ2) is 13.6. The van der Waals surface area contributed by atoms with Crippen LogP contribution in [0.3, 0.4) is 0 Å². The number of carboxylic acid groups (broad SMARTS) is 1. The molecule has 0 saturated heterocycles. The Morgan fingerprint density at radius 1 is 0.842 bits per heavy atom. The number of carbonyl (C=O) groups is 4. The molecule has 3 aromatic rings. The Kier molecular flexibility index (Phi) is 10.0. The van der Waals surface area contributed by atoms with Crippen LogP contribution in [0.4, 0.5) is 0 Å². The minimum atomic E-state index is -1.12. The van der Waals surface area contributed by atoms with Gasteiger partial charge in [0.1, 0.15) is 12.1 Å². The summed E-state index contributed by atoms with van der Waals surface area (Å²) in [5.74, 6) is -2.90. The van der Waals surface area contributed by atoms with Crippen LogP contribution in [0.25, 0.3) is 11.4 Å². The molecule has 0 bridgehead atoms. The number of hydrogen-bond donors (Lipinski definition) is 5. The first-order chi connectivity index (χ1) is 18.3. The highest BCUT2D eigenvalue weighted by Crippen LogP contribution is 2.17. The molecule has 7 N–H and O–H groups in total. The molecular weight excluding hydrogens is 488 g/mol. The van der Waals surface area contributed by atoms with Crippen molar-refractivity contribution in [1.82, 2.24) is 20.6 Å². The Balaban J connectivity index is 1.82. The van der Waals surface area contributed by atoms with E-state index >= 15 is 0 Å². The van der Waals surface area contributed by atoms with Gasteiger partial charge in [0.05, 0.1) is 17.0 Å². The fourth-order valence-corrected chi connectivity index (χ4v) is 3.77. The summed E-state index contributed by atoms with van der Waals surface area (Å²) in [7, 11) is 0. The third kappa shape index (κ3) is 7.93. The summed E-state index contributed by atoms with van der Waals surface area (Å²) in [6.07, 6.45) is 4.53. The van der Waals surface area contributed by atoms with Crippen molar-refractivity contribution in [1.29, 1.82) is 0 Å². The Morgan fingerprint density at radius 3 is 2.08 bits per heavy atom. The lowest BCUT2D eigenvalue weighted by Gasteiger charge is -2.22. The molecule has 198 valence electrons. The molecule has 0 aliphatic carbocycles. The van der Waals surface area contributed by atoms with Crippen LogP contribution in [-0.2, 0) is 16.0 Å². The van der Waals surface area contributed by atoms with E-state index in [2.05, 4.69) is 20.6 Å². The summed E-state index contributed by atoms with van der Waals surface area (Å²) in [6, 6.07) is 12.8. The Bertz CT molecular complexity index is 1280. The average Bonchev–Trinajstić information content (AvgIpc) is 2.92. The minimum Gasteiger partial charge on any atom is -0.478 e. The van der Waals surface area contributed by atoms with Crippen molar-refractivity contribution in [2.45, 2.75) is 37.8 Å². The molecule has 0 saturated carbocycles. The van der Waals surface area contributed by atoms with E-state index in [0.717, 1.165) is 5.56 Å². The zero-order valence-corrected chi connectivity index (χ0v) is 20.7. The van der Waals surface area contributed by atoms with Crippen LogP contribution < -0.4 is 22.1 Å². The van der Waals surface area contributed by atoms with Gasteiger partial charge in [0.15, 0.2) is 0 Å². The molecule has 0 aliphatic heterocycles. The van der Waals surface area contributed by atoms with E-state index in [0.29, 0.717) is 31.5 Å². The Labute approximate surface area is 219 Å². The summed E-state index contributed by atoms with van der Waals surface area (Å²) in [6.45, 7) is 0.455. The van der Waals surface area contributed by atoms with E-state index in [1.54, 1.807) is 0 Å². The summed E-state index contributed by atoms with van der Waals surface area (Å²) in [4.78, 5) is 58.0. The number of nitrogens with zero attached hydrogens (tertiary/aromatic N) is 2. The first-order valence-electron chi connectivity index (χ1n) is 12.1. The Hall–Kier alpha value is -4.64. The monoisotopic (exact) mass is 518 g/mol. The average molecular weight is 519 g/mol. The van der Waals surface area contributed by atoms with Crippen LogP contribution in [0, 0.1) is 0 Å². The highest BCUT2D eigenvalue weighted by molar-refractivity contribution is 5.99. The summed E-state index contributed by atoms with van der Waals surface area (Å²) in [5, 5.41) is 14.6. The van der Waals surface area contributed by atoms with Gasteiger partial charge in [-0.3, -0.25) is 24.4 Å². The van der Waals surface area contributed by atoms with Crippen LogP contribution in [0.1, 0.15) is 45.5 Å². The maximum absolute atomic E-state index is 13.2. The third-order valence-electron chi connectivity index (χ3n) is 5.80. The molecule has 1 aromatic carbocycles. The summed E-state index contributed by atoms with van der Waals surface area (Å²) in [5.41, 5.74) is 12.6. The van der Waals surface area contributed by atoms with Crippen molar-refractivity contribution in [3.8, 4) is 11.4 Å². The molecule has 2 atom stereocenters. The maximum atomic E-state index is 13.2. The van der Waals surface area contributed by atoms with E-state index in [4.69, 9.17) is 11.5 Å². The number of hydrogen-bond acceptors (Lipinski definition) is 7. The molecule has 0 unspecified atom stereocenters. The van der Waals surface area contributed by atoms with Gasteiger partial charge < -0.3 is 27.2 Å². The van der Waals surface area contributed by atoms with E-state index < -0.39 is 35.8 Å². The van der Waals surface area contributed by atoms with Crippen molar-refractivity contribution in [3.05, 3.63) is 83.7 Å². The molecule has 11 heteroatoms. The van der Waals surface area contributed by atoms with Crippen molar-refractivity contribution >= 4 is 23.7 Å². The number of nitrogens with two attached hydrogens (primary N) is 2. The summed E-state index contributed by atoms with van der Waals surface area (Å²) < 4.78 is 0. The van der Waals surface area contributed by atoms with Gasteiger partial charge in [-0.05, 0) is 55.6 Å². The second-order valence-corrected chi connectivity index (χ2v) is 8.63. The smallest absolute Gasteiger partial charge is 0.335 e. The predicted molar refractivity (Wildman–Crippen MR) is 140 cm³/mol. The molecule has 3 rings (SSSR count). The number of amides is 3. The van der Waals surface area contributed by atoms with Gasteiger partial charge in [-0.1, -0.05) is 30.3 Å². The molecule has 0 spiro atoms. The largest absolute Gasteiger partial charge is 0.478 e. The minimum absolute atomic E-state index is 0.0294. The van der Waals surface area contributed by atoms with Gasteiger partial charge >= 0.3 is 5.97 Å². The molecule has 2 heterocycles. The van der Waals surface area contributed by atoms with Crippen LogP contribution >= 0.6 is 0 Å². The van der Waals surface area contributed by atoms with Crippen LogP contribution in [0.5, 0.6) is 0 Å². The molecule has 0 fully saturated rings. The second-order valence-electron chi connectivity index (χ2n) is 8.63. The maximum Gasteiger partial charge on any atom is 0.335 e. The highest BCUT2D eigenvalue weighted by Gasteiger charge is 2.26.